The summed E-state index contributed by atoms with van der Waals surface area (Å²) in [6, 6.07) is 10.2. The number of thiophene rings is 1. The Balaban J connectivity index is 1.43. The lowest BCUT2D eigenvalue weighted by Crippen LogP contribution is -2.36. The predicted octanol–water partition coefficient (Wildman–Crippen LogP) is 4.03. The molecular weight excluding hydrogens is 370 g/mol. The van der Waals surface area contributed by atoms with Gasteiger partial charge in [-0.15, -0.1) is 0 Å². The van der Waals surface area contributed by atoms with Crippen molar-refractivity contribution >= 4 is 28.1 Å². The molecule has 1 atom stereocenters. The zero-order valence-corrected chi connectivity index (χ0v) is 16.1. The maximum Gasteiger partial charge on any atom is 0.162 e. The number of piperidine rings is 1. The van der Waals surface area contributed by atoms with Gasteiger partial charge < -0.3 is 15.0 Å². The second-order valence-electron chi connectivity index (χ2n) is 7.14. The number of hydrogen-bond acceptors (Lipinski definition) is 6. The number of fused-ring (bicyclic) bond motifs is 1. The normalized spacial score (nSPS) is 16.5. The summed E-state index contributed by atoms with van der Waals surface area (Å²) in [5.41, 5.74) is 2.02. The van der Waals surface area contributed by atoms with Crippen LogP contribution < -0.4 is 4.90 Å². The average Bonchev–Trinajstić information content (AvgIpc) is 3.47. The summed E-state index contributed by atoms with van der Waals surface area (Å²) in [4.78, 5) is 19.3. The molecule has 5 rings (SSSR count). The van der Waals surface area contributed by atoms with Crippen molar-refractivity contribution in [3.05, 3.63) is 59.3 Å². The third-order valence-corrected chi connectivity index (χ3v) is 6.13. The van der Waals surface area contributed by atoms with Gasteiger partial charge in [-0.25, -0.2) is 15.0 Å². The van der Waals surface area contributed by atoms with Crippen LogP contribution in [0.1, 0.15) is 24.8 Å². The molecule has 4 heterocycles. The number of aliphatic hydroxyl groups excluding tert-OH is 1. The number of benzene rings is 1. The molecule has 1 saturated heterocycles. The Kier molecular flexibility index (Phi) is 4.54. The number of anilines is 1. The molecule has 1 aromatic carbocycles. The van der Waals surface area contributed by atoms with Crippen molar-refractivity contribution in [1.82, 2.24) is 19.9 Å². The van der Waals surface area contributed by atoms with E-state index in [2.05, 4.69) is 37.8 Å². The van der Waals surface area contributed by atoms with Crippen LogP contribution in [0.2, 0.25) is 0 Å². The van der Waals surface area contributed by atoms with Crippen molar-refractivity contribution in [2.24, 2.45) is 5.92 Å². The van der Waals surface area contributed by atoms with Crippen LogP contribution in [-0.2, 0) is 0 Å². The Hall–Kier alpha value is -2.77. The SMILES string of the molecule is OC(c1ncc[nH]1)C1CCN(c2nc(-c3ccsc3)nc3ccccc23)CC1. The number of aromatic nitrogens is 4. The fraction of sp³-hybridized carbons (Fsp3) is 0.286. The molecule has 0 saturated carbocycles. The first-order valence-electron chi connectivity index (χ1n) is 9.51. The van der Waals surface area contributed by atoms with Gasteiger partial charge in [0.15, 0.2) is 5.82 Å². The molecule has 0 radical (unpaired) electrons. The molecule has 28 heavy (non-hydrogen) atoms. The second-order valence-corrected chi connectivity index (χ2v) is 7.92. The summed E-state index contributed by atoms with van der Waals surface area (Å²) in [5, 5.41) is 15.8. The van der Waals surface area contributed by atoms with E-state index in [1.807, 2.05) is 18.2 Å². The maximum atomic E-state index is 10.6. The fourth-order valence-electron chi connectivity index (χ4n) is 3.91. The van der Waals surface area contributed by atoms with E-state index in [1.54, 1.807) is 23.7 Å². The molecule has 4 aromatic rings. The predicted molar refractivity (Wildman–Crippen MR) is 111 cm³/mol. The van der Waals surface area contributed by atoms with Gasteiger partial charge in [-0.2, -0.15) is 11.3 Å². The van der Waals surface area contributed by atoms with E-state index in [-0.39, 0.29) is 5.92 Å². The van der Waals surface area contributed by atoms with Gasteiger partial charge in [-0.05, 0) is 42.3 Å². The summed E-state index contributed by atoms with van der Waals surface area (Å²) < 4.78 is 0. The molecule has 7 heteroatoms. The Morgan fingerprint density at radius 1 is 1.14 bits per heavy atom. The molecule has 3 aromatic heterocycles. The molecule has 1 aliphatic rings. The molecule has 0 amide bonds. The van der Waals surface area contributed by atoms with Crippen LogP contribution in [-0.4, -0.2) is 38.1 Å². The molecule has 142 valence electrons. The zero-order chi connectivity index (χ0) is 18.9. The molecule has 6 nitrogen and oxygen atoms in total. The van der Waals surface area contributed by atoms with E-state index in [9.17, 15) is 5.11 Å². The second kappa shape index (κ2) is 7.33. The molecule has 0 spiro atoms. The number of rotatable bonds is 4. The highest BCUT2D eigenvalue weighted by Gasteiger charge is 2.29. The third kappa shape index (κ3) is 3.16. The Bertz CT molecular complexity index is 1060. The quantitative estimate of drug-likeness (QED) is 0.549. The first-order chi connectivity index (χ1) is 13.8. The van der Waals surface area contributed by atoms with E-state index >= 15 is 0 Å². The van der Waals surface area contributed by atoms with Crippen LogP contribution in [0.15, 0.2) is 53.5 Å². The Labute approximate surface area is 166 Å². The van der Waals surface area contributed by atoms with Gasteiger partial charge in [0, 0.05) is 41.8 Å². The summed E-state index contributed by atoms with van der Waals surface area (Å²) in [5.74, 6) is 2.61. The maximum absolute atomic E-state index is 10.6. The van der Waals surface area contributed by atoms with Crippen molar-refractivity contribution < 1.29 is 5.11 Å². The molecule has 1 unspecified atom stereocenters. The van der Waals surface area contributed by atoms with Gasteiger partial charge in [-0.1, -0.05) is 12.1 Å². The first-order valence-corrected chi connectivity index (χ1v) is 10.5. The molecule has 0 aliphatic carbocycles. The van der Waals surface area contributed by atoms with Crippen molar-refractivity contribution in [3.63, 3.8) is 0 Å². The third-order valence-electron chi connectivity index (χ3n) is 5.45. The monoisotopic (exact) mass is 391 g/mol. The molecule has 0 bridgehead atoms. The highest BCUT2D eigenvalue weighted by molar-refractivity contribution is 7.08. The highest BCUT2D eigenvalue weighted by Crippen LogP contribution is 2.34. The van der Waals surface area contributed by atoms with E-state index in [1.165, 1.54) is 0 Å². The van der Waals surface area contributed by atoms with E-state index in [4.69, 9.17) is 9.97 Å². The highest BCUT2D eigenvalue weighted by atomic mass is 32.1. The number of aromatic amines is 1. The molecular formula is C21H21N5OS. The average molecular weight is 392 g/mol. The van der Waals surface area contributed by atoms with Crippen LogP contribution in [0.3, 0.4) is 0 Å². The van der Waals surface area contributed by atoms with Crippen LogP contribution >= 0.6 is 11.3 Å². The van der Waals surface area contributed by atoms with Crippen LogP contribution in [0.25, 0.3) is 22.3 Å². The first kappa shape index (κ1) is 17.3. The minimum Gasteiger partial charge on any atom is -0.385 e. The Morgan fingerprint density at radius 3 is 2.75 bits per heavy atom. The molecule has 1 aliphatic heterocycles. The summed E-state index contributed by atoms with van der Waals surface area (Å²) in [6.07, 6.45) is 4.70. The standard InChI is InChI=1S/C21H21N5OS/c27-18(20-22-8-9-23-20)14-5-10-26(11-6-14)21-16-3-1-2-4-17(16)24-19(25-21)15-7-12-28-13-15/h1-4,7-9,12-14,18,27H,5-6,10-11H2,(H,22,23). The topological polar surface area (TPSA) is 77.9 Å². The minimum atomic E-state index is -0.541. The van der Waals surface area contributed by atoms with Gasteiger partial charge in [0.1, 0.15) is 17.7 Å². The zero-order valence-electron chi connectivity index (χ0n) is 15.3. The Morgan fingerprint density at radius 2 is 2.00 bits per heavy atom. The minimum absolute atomic E-state index is 0.201. The lowest BCUT2D eigenvalue weighted by molar-refractivity contribution is 0.0856. The summed E-state index contributed by atoms with van der Waals surface area (Å²) in [7, 11) is 0. The number of hydrogen-bond donors (Lipinski definition) is 2. The lowest BCUT2D eigenvalue weighted by Gasteiger charge is -2.35. The fourth-order valence-corrected chi connectivity index (χ4v) is 4.55. The summed E-state index contributed by atoms with van der Waals surface area (Å²) in [6.45, 7) is 1.71. The molecule has 1 fully saturated rings. The van der Waals surface area contributed by atoms with Crippen LogP contribution in [0.5, 0.6) is 0 Å². The van der Waals surface area contributed by atoms with E-state index in [0.29, 0.717) is 5.82 Å². The van der Waals surface area contributed by atoms with Crippen molar-refractivity contribution in [3.8, 4) is 11.4 Å². The number of para-hydroxylation sites is 1. The molecule has 2 N–H and O–H groups in total. The smallest absolute Gasteiger partial charge is 0.162 e. The van der Waals surface area contributed by atoms with Gasteiger partial charge in [0.05, 0.1) is 5.52 Å². The number of aliphatic hydroxyl groups is 1. The van der Waals surface area contributed by atoms with E-state index in [0.717, 1.165) is 54.0 Å². The largest absolute Gasteiger partial charge is 0.385 e. The van der Waals surface area contributed by atoms with Gasteiger partial charge >= 0.3 is 0 Å². The number of nitrogens with zero attached hydrogens (tertiary/aromatic N) is 4. The number of imidazole rings is 1. The van der Waals surface area contributed by atoms with Crippen LogP contribution in [0, 0.1) is 5.92 Å². The number of H-pyrrole nitrogens is 1. The summed E-state index contributed by atoms with van der Waals surface area (Å²) >= 11 is 1.65. The van der Waals surface area contributed by atoms with Crippen molar-refractivity contribution in [2.75, 3.05) is 18.0 Å². The van der Waals surface area contributed by atoms with Gasteiger partial charge in [0.25, 0.3) is 0 Å². The lowest BCUT2D eigenvalue weighted by atomic mass is 9.90. The van der Waals surface area contributed by atoms with Crippen molar-refractivity contribution in [2.45, 2.75) is 18.9 Å². The van der Waals surface area contributed by atoms with Gasteiger partial charge in [-0.3, -0.25) is 0 Å². The van der Waals surface area contributed by atoms with Gasteiger partial charge in [0.2, 0.25) is 0 Å². The van der Waals surface area contributed by atoms with Crippen molar-refractivity contribution in [1.29, 1.82) is 0 Å². The van der Waals surface area contributed by atoms with E-state index < -0.39 is 6.10 Å². The van der Waals surface area contributed by atoms with Crippen LogP contribution in [0.4, 0.5) is 5.82 Å². The number of nitrogens with one attached hydrogen (secondary N) is 1.